The Morgan fingerprint density at radius 3 is 2.59 bits per heavy atom. The van der Waals surface area contributed by atoms with Crippen molar-refractivity contribution in [2.45, 2.75) is 44.7 Å². The van der Waals surface area contributed by atoms with Crippen LogP contribution in [-0.2, 0) is 11.2 Å². The van der Waals surface area contributed by atoms with Crippen molar-refractivity contribution in [1.29, 1.82) is 0 Å². The van der Waals surface area contributed by atoms with E-state index in [9.17, 15) is 4.79 Å². The van der Waals surface area contributed by atoms with Gasteiger partial charge in [0.2, 0.25) is 5.91 Å². The molecule has 1 heterocycles. The summed E-state index contributed by atoms with van der Waals surface area (Å²) in [5, 5.41) is 4.06. The first-order chi connectivity index (χ1) is 13.1. The summed E-state index contributed by atoms with van der Waals surface area (Å²) >= 11 is 12.5. The fraction of sp³-hybridized carbons (Fsp3) is 0.333. The normalized spacial score (nSPS) is 15.1. The molecule has 1 aliphatic carbocycles. The Morgan fingerprint density at radius 2 is 1.93 bits per heavy atom. The highest BCUT2D eigenvalue weighted by molar-refractivity contribution is 6.42. The largest absolute Gasteiger partial charge is 0.352 e. The first-order valence-electron chi connectivity index (χ1n) is 9.27. The lowest BCUT2D eigenvalue weighted by atomic mass is 10.1. The second-order valence-electron chi connectivity index (χ2n) is 7.02. The van der Waals surface area contributed by atoms with Gasteiger partial charge in [-0.15, -0.1) is 0 Å². The summed E-state index contributed by atoms with van der Waals surface area (Å²) in [5.74, 6) is 0.881. The third kappa shape index (κ3) is 3.83. The molecule has 1 aliphatic rings. The smallest absolute Gasteiger partial charge is 0.243 e. The molecule has 1 saturated carbocycles. The van der Waals surface area contributed by atoms with E-state index in [1.54, 1.807) is 6.07 Å². The summed E-state index contributed by atoms with van der Waals surface area (Å²) in [6.45, 7) is 2.02. The monoisotopic (exact) mass is 401 g/mol. The van der Waals surface area contributed by atoms with Gasteiger partial charge < -0.3 is 9.88 Å². The van der Waals surface area contributed by atoms with Crippen LogP contribution in [0.5, 0.6) is 0 Å². The number of imidazole rings is 1. The Morgan fingerprint density at radius 1 is 1.22 bits per heavy atom. The summed E-state index contributed by atoms with van der Waals surface area (Å²) in [5.41, 5.74) is 2.74. The molecule has 0 saturated heterocycles. The van der Waals surface area contributed by atoms with E-state index in [0.29, 0.717) is 28.9 Å². The van der Waals surface area contributed by atoms with Crippen LogP contribution in [0.1, 0.15) is 43.6 Å². The minimum absolute atomic E-state index is 0.0414. The lowest BCUT2D eigenvalue weighted by Crippen LogP contribution is -2.34. The van der Waals surface area contributed by atoms with Crippen LogP contribution in [0, 0.1) is 0 Å². The average Bonchev–Trinajstić information content (AvgIpc) is 3.41. The molecule has 0 spiro atoms. The molecule has 0 aliphatic heterocycles. The molecular formula is C21H21Cl2N3O. The summed E-state index contributed by atoms with van der Waals surface area (Å²) in [4.78, 5) is 17.7. The molecule has 1 aromatic heterocycles. The topological polar surface area (TPSA) is 46.9 Å². The second-order valence-corrected chi connectivity index (χ2v) is 7.84. The van der Waals surface area contributed by atoms with Crippen LogP contribution in [0.15, 0.2) is 42.5 Å². The van der Waals surface area contributed by atoms with E-state index >= 15 is 0 Å². The number of carbonyl (C=O) groups excluding carboxylic acids is 1. The van der Waals surface area contributed by atoms with Gasteiger partial charge in [-0.2, -0.15) is 0 Å². The molecule has 0 bridgehead atoms. The third-order valence-corrected chi connectivity index (χ3v) is 5.66. The Balaban J connectivity index is 1.82. The van der Waals surface area contributed by atoms with Gasteiger partial charge in [-0.1, -0.05) is 60.5 Å². The minimum Gasteiger partial charge on any atom is -0.352 e. The van der Waals surface area contributed by atoms with Crippen molar-refractivity contribution in [2.75, 3.05) is 0 Å². The van der Waals surface area contributed by atoms with Crippen molar-refractivity contribution in [3.8, 4) is 0 Å². The average molecular weight is 402 g/mol. The Labute approximate surface area is 168 Å². The maximum Gasteiger partial charge on any atom is 0.243 e. The molecule has 6 heteroatoms. The first-order valence-corrected chi connectivity index (χ1v) is 10.0. The Hall–Kier alpha value is -2.04. The summed E-state index contributed by atoms with van der Waals surface area (Å²) < 4.78 is 2.03. The number of carbonyl (C=O) groups is 1. The first kappa shape index (κ1) is 18.3. The number of nitrogens with zero attached hydrogens (tertiary/aromatic N) is 2. The zero-order valence-corrected chi connectivity index (χ0v) is 16.6. The van der Waals surface area contributed by atoms with Gasteiger partial charge in [0.25, 0.3) is 0 Å². The number of hydrogen-bond donors (Lipinski definition) is 1. The number of nitrogens with one attached hydrogen (secondary N) is 1. The lowest BCUT2D eigenvalue weighted by Gasteiger charge is -2.20. The molecule has 1 fully saturated rings. The molecule has 4 nitrogen and oxygen atoms in total. The lowest BCUT2D eigenvalue weighted by molar-refractivity contribution is -0.124. The van der Waals surface area contributed by atoms with Crippen LogP contribution in [0.4, 0.5) is 0 Å². The fourth-order valence-electron chi connectivity index (χ4n) is 3.40. The third-order valence-electron chi connectivity index (χ3n) is 4.93. The zero-order valence-electron chi connectivity index (χ0n) is 15.1. The number of hydrogen-bond acceptors (Lipinski definition) is 2. The summed E-state index contributed by atoms with van der Waals surface area (Å²) in [6, 6.07) is 13.7. The number of fused-ring (bicyclic) bond motifs is 1. The molecule has 1 atom stereocenters. The van der Waals surface area contributed by atoms with Crippen LogP contribution >= 0.6 is 23.2 Å². The summed E-state index contributed by atoms with van der Waals surface area (Å²) in [6.07, 6.45) is 3.43. The zero-order chi connectivity index (χ0) is 19.0. The van der Waals surface area contributed by atoms with E-state index in [4.69, 9.17) is 28.2 Å². The van der Waals surface area contributed by atoms with E-state index < -0.39 is 0 Å². The second kappa shape index (κ2) is 7.53. The molecule has 27 heavy (non-hydrogen) atoms. The van der Waals surface area contributed by atoms with Gasteiger partial charge in [0, 0.05) is 12.5 Å². The van der Waals surface area contributed by atoms with Crippen molar-refractivity contribution in [3.63, 3.8) is 0 Å². The molecule has 140 valence electrons. The number of amides is 1. The quantitative estimate of drug-likeness (QED) is 0.619. The van der Waals surface area contributed by atoms with Gasteiger partial charge in [0.15, 0.2) is 0 Å². The molecular weight excluding hydrogens is 381 g/mol. The molecule has 3 aromatic rings. The minimum atomic E-state index is -0.327. The van der Waals surface area contributed by atoms with Crippen LogP contribution in [-0.4, -0.2) is 21.5 Å². The van der Waals surface area contributed by atoms with E-state index in [1.165, 1.54) is 0 Å². The van der Waals surface area contributed by atoms with Gasteiger partial charge >= 0.3 is 0 Å². The molecule has 1 amide bonds. The number of rotatable bonds is 6. The SMILES string of the molecule is CC[C@@H](C(=O)NC1CC1)n1c(Cc2ccccc2)nc2cc(Cl)c(Cl)cc21. The summed E-state index contributed by atoms with van der Waals surface area (Å²) in [7, 11) is 0. The van der Waals surface area contributed by atoms with E-state index in [1.807, 2.05) is 35.8 Å². The molecule has 2 aromatic carbocycles. The molecule has 0 radical (unpaired) electrons. The van der Waals surface area contributed by atoms with Crippen molar-refractivity contribution >= 4 is 40.1 Å². The van der Waals surface area contributed by atoms with Crippen LogP contribution in [0.3, 0.4) is 0 Å². The van der Waals surface area contributed by atoms with E-state index in [2.05, 4.69) is 17.4 Å². The van der Waals surface area contributed by atoms with Gasteiger partial charge in [0.05, 0.1) is 21.1 Å². The fourth-order valence-corrected chi connectivity index (χ4v) is 3.72. The van der Waals surface area contributed by atoms with E-state index in [-0.39, 0.29) is 11.9 Å². The van der Waals surface area contributed by atoms with Gasteiger partial charge in [0.1, 0.15) is 11.9 Å². The van der Waals surface area contributed by atoms with Crippen molar-refractivity contribution < 1.29 is 4.79 Å². The van der Waals surface area contributed by atoms with Gasteiger partial charge in [-0.05, 0) is 37.0 Å². The van der Waals surface area contributed by atoms with Crippen LogP contribution < -0.4 is 5.32 Å². The van der Waals surface area contributed by atoms with Crippen molar-refractivity contribution in [1.82, 2.24) is 14.9 Å². The Bertz CT molecular complexity index is 980. The molecule has 1 N–H and O–H groups in total. The maximum atomic E-state index is 12.9. The van der Waals surface area contributed by atoms with Crippen LogP contribution in [0.2, 0.25) is 10.0 Å². The van der Waals surface area contributed by atoms with Crippen molar-refractivity contribution in [3.05, 3.63) is 63.9 Å². The van der Waals surface area contributed by atoms with E-state index in [0.717, 1.165) is 35.3 Å². The molecule has 4 rings (SSSR count). The Kier molecular flexibility index (Phi) is 5.11. The molecule has 0 unspecified atom stereocenters. The predicted molar refractivity (Wildman–Crippen MR) is 109 cm³/mol. The number of benzene rings is 2. The van der Waals surface area contributed by atoms with Crippen LogP contribution in [0.25, 0.3) is 11.0 Å². The standard InChI is InChI=1S/C21H21Cl2N3O/c1-2-18(21(27)24-14-8-9-14)26-19-12-16(23)15(22)11-17(19)25-20(26)10-13-6-4-3-5-7-13/h3-7,11-12,14,18H,2,8-10H2,1H3,(H,24,27)/t18-/m0/s1. The number of halogens is 2. The van der Waals surface area contributed by atoms with Gasteiger partial charge in [-0.3, -0.25) is 4.79 Å². The predicted octanol–water partition coefficient (Wildman–Crippen LogP) is 5.16. The van der Waals surface area contributed by atoms with Gasteiger partial charge in [-0.25, -0.2) is 4.98 Å². The number of aromatic nitrogens is 2. The highest BCUT2D eigenvalue weighted by Crippen LogP contribution is 2.32. The highest BCUT2D eigenvalue weighted by Gasteiger charge is 2.30. The maximum absolute atomic E-state index is 12.9. The highest BCUT2D eigenvalue weighted by atomic mass is 35.5. The van der Waals surface area contributed by atoms with Crippen molar-refractivity contribution in [2.24, 2.45) is 0 Å².